The summed E-state index contributed by atoms with van der Waals surface area (Å²) < 4.78 is 16.7. The summed E-state index contributed by atoms with van der Waals surface area (Å²) in [5.41, 5.74) is -1.02. The second-order valence-corrected chi connectivity index (χ2v) is 8.31. The summed E-state index contributed by atoms with van der Waals surface area (Å²) in [6, 6.07) is 4.56. The minimum Gasteiger partial charge on any atom is -0.507 e. The van der Waals surface area contributed by atoms with E-state index in [9.17, 15) is 40.5 Å². The van der Waals surface area contributed by atoms with Gasteiger partial charge in [-0.2, -0.15) is 0 Å². The van der Waals surface area contributed by atoms with Gasteiger partial charge < -0.3 is 49.6 Å². The monoisotopic (exact) mass is 476 g/mol. The predicted octanol–water partition coefficient (Wildman–Crippen LogP) is 1.16. The Labute approximate surface area is 192 Å². The summed E-state index contributed by atoms with van der Waals surface area (Å²) in [5.74, 6) is -3.76. The molecule has 1 unspecified atom stereocenters. The van der Waals surface area contributed by atoms with Gasteiger partial charge in [-0.25, -0.2) is 0 Å². The molecule has 5 atom stereocenters. The smallest absolute Gasteiger partial charge is 0.239 e. The van der Waals surface area contributed by atoms with Crippen LogP contribution in [0.5, 0.6) is 34.5 Å². The Morgan fingerprint density at radius 3 is 2.18 bits per heavy atom. The van der Waals surface area contributed by atoms with Gasteiger partial charge in [-0.3, -0.25) is 4.79 Å². The minimum absolute atomic E-state index is 0.0665. The topological polar surface area (TPSA) is 190 Å². The lowest BCUT2D eigenvalue weighted by Crippen LogP contribution is -2.54. The largest absolute Gasteiger partial charge is 0.507 e. The molecule has 1 aliphatic rings. The van der Waals surface area contributed by atoms with Crippen molar-refractivity contribution in [1.82, 2.24) is 0 Å². The van der Waals surface area contributed by atoms with Gasteiger partial charge in [0.05, 0.1) is 13.2 Å². The average Bonchev–Trinajstić information content (AvgIpc) is 2.80. The van der Waals surface area contributed by atoms with Gasteiger partial charge in [0.2, 0.25) is 11.2 Å². The summed E-state index contributed by atoms with van der Waals surface area (Å²) in [7, 11) is 1.35. The number of benzene rings is 2. The Hall–Kier alpha value is -3.67. The molecule has 0 amide bonds. The van der Waals surface area contributed by atoms with Crippen LogP contribution in [0.4, 0.5) is 0 Å². The van der Waals surface area contributed by atoms with E-state index in [4.69, 9.17) is 13.9 Å². The second kappa shape index (κ2) is 8.60. The predicted molar refractivity (Wildman–Crippen MR) is 117 cm³/mol. The van der Waals surface area contributed by atoms with E-state index in [2.05, 4.69) is 0 Å². The van der Waals surface area contributed by atoms with E-state index >= 15 is 0 Å². The summed E-state index contributed by atoms with van der Waals surface area (Å²) in [5, 5.41) is 70.5. The number of aliphatic hydroxyl groups excluding tert-OH is 3. The van der Waals surface area contributed by atoms with E-state index in [-0.39, 0.29) is 34.5 Å². The fourth-order valence-electron chi connectivity index (χ4n) is 4.08. The Bertz CT molecular complexity index is 1280. The van der Waals surface area contributed by atoms with Crippen molar-refractivity contribution in [2.75, 3.05) is 7.11 Å². The number of fused-ring (bicyclic) bond motifs is 1. The molecule has 1 saturated carbocycles. The van der Waals surface area contributed by atoms with Crippen LogP contribution >= 0.6 is 0 Å². The molecular formula is C23H24O11. The van der Waals surface area contributed by atoms with Gasteiger partial charge in [0.15, 0.2) is 23.0 Å². The lowest BCUT2D eigenvalue weighted by molar-refractivity contribution is -0.147. The maximum absolute atomic E-state index is 13.4. The molecule has 2 aromatic carbocycles. The number of rotatable bonds is 4. The number of phenolic OH excluding ortho intramolecular Hbond substituents is 4. The highest BCUT2D eigenvalue weighted by atomic mass is 16.5. The van der Waals surface area contributed by atoms with Crippen LogP contribution in [0.15, 0.2) is 33.5 Å². The van der Waals surface area contributed by atoms with E-state index in [1.807, 2.05) is 0 Å². The van der Waals surface area contributed by atoms with Gasteiger partial charge in [0.1, 0.15) is 40.8 Å². The van der Waals surface area contributed by atoms with Gasteiger partial charge >= 0.3 is 0 Å². The maximum Gasteiger partial charge on any atom is 0.239 e. The first-order valence-electron chi connectivity index (χ1n) is 10.4. The number of aromatic hydroxyl groups is 4. The molecule has 1 aliphatic carbocycles. The maximum atomic E-state index is 13.4. The van der Waals surface area contributed by atoms with Crippen LogP contribution in [0.3, 0.4) is 0 Å². The van der Waals surface area contributed by atoms with Crippen molar-refractivity contribution >= 4 is 11.0 Å². The molecular weight excluding hydrogens is 452 g/mol. The van der Waals surface area contributed by atoms with Crippen LogP contribution in [0, 0.1) is 5.92 Å². The quantitative estimate of drug-likeness (QED) is 0.267. The van der Waals surface area contributed by atoms with Gasteiger partial charge in [-0.1, -0.05) is 6.92 Å². The van der Waals surface area contributed by atoms with E-state index < -0.39 is 64.5 Å². The van der Waals surface area contributed by atoms with E-state index in [0.29, 0.717) is 0 Å². The van der Waals surface area contributed by atoms with Gasteiger partial charge in [-0.05, 0) is 24.5 Å². The van der Waals surface area contributed by atoms with Crippen LogP contribution in [-0.4, -0.2) is 67.3 Å². The molecule has 1 aromatic heterocycles. The highest BCUT2D eigenvalue weighted by Gasteiger charge is 2.43. The Kier molecular flexibility index (Phi) is 5.94. The lowest BCUT2D eigenvalue weighted by atomic mass is 9.82. The molecule has 1 fully saturated rings. The van der Waals surface area contributed by atoms with Gasteiger partial charge in [0.25, 0.3) is 0 Å². The van der Waals surface area contributed by atoms with Crippen molar-refractivity contribution in [1.29, 1.82) is 0 Å². The minimum atomic E-state index is -1.56. The van der Waals surface area contributed by atoms with Crippen molar-refractivity contribution < 1.29 is 49.6 Å². The first-order chi connectivity index (χ1) is 16.0. The molecule has 7 N–H and O–H groups in total. The molecule has 0 aliphatic heterocycles. The summed E-state index contributed by atoms with van der Waals surface area (Å²) in [4.78, 5) is 13.4. The zero-order valence-corrected chi connectivity index (χ0v) is 18.2. The molecule has 3 aromatic rings. The number of hydrogen-bond donors (Lipinski definition) is 7. The Balaban J connectivity index is 1.95. The normalized spacial score (nSPS) is 24.8. The molecule has 0 saturated heterocycles. The molecule has 34 heavy (non-hydrogen) atoms. The first-order valence-corrected chi connectivity index (χ1v) is 10.4. The zero-order valence-electron chi connectivity index (χ0n) is 18.2. The number of phenols is 4. The SMILES string of the molecule is COc1cc(O)c2c(=O)c(OC3C[C@@H](C)[C@H](O)[C@@H](O)[C@H]3O)c(-c3cc(O)c(O)c(O)c3)oc2c1. The summed E-state index contributed by atoms with van der Waals surface area (Å²) in [6.07, 6.45) is -5.38. The van der Waals surface area contributed by atoms with Crippen LogP contribution in [0.2, 0.25) is 0 Å². The van der Waals surface area contributed by atoms with E-state index in [1.165, 1.54) is 19.2 Å². The average molecular weight is 476 g/mol. The Morgan fingerprint density at radius 1 is 0.912 bits per heavy atom. The van der Waals surface area contributed by atoms with Crippen LogP contribution in [0.1, 0.15) is 13.3 Å². The number of ether oxygens (including phenoxy) is 2. The van der Waals surface area contributed by atoms with Crippen LogP contribution in [0.25, 0.3) is 22.3 Å². The second-order valence-electron chi connectivity index (χ2n) is 8.31. The highest BCUT2D eigenvalue weighted by Crippen LogP contribution is 2.43. The Morgan fingerprint density at radius 2 is 1.56 bits per heavy atom. The van der Waals surface area contributed by atoms with Crippen LogP contribution in [-0.2, 0) is 0 Å². The highest BCUT2D eigenvalue weighted by molar-refractivity contribution is 5.88. The van der Waals surface area contributed by atoms with Gasteiger partial charge in [-0.15, -0.1) is 0 Å². The van der Waals surface area contributed by atoms with Gasteiger partial charge in [0, 0.05) is 17.7 Å². The van der Waals surface area contributed by atoms with Crippen molar-refractivity contribution in [2.24, 2.45) is 5.92 Å². The lowest BCUT2D eigenvalue weighted by Gasteiger charge is -2.39. The van der Waals surface area contributed by atoms with Crippen LogP contribution < -0.4 is 14.9 Å². The van der Waals surface area contributed by atoms with E-state index in [1.54, 1.807) is 6.92 Å². The summed E-state index contributed by atoms with van der Waals surface area (Å²) in [6.45, 7) is 1.63. The molecule has 11 nitrogen and oxygen atoms in total. The third-order valence-corrected chi connectivity index (χ3v) is 6.01. The van der Waals surface area contributed by atoms with Crippen molar-refractivity contribution in [3.05, 3.63) is 34.5 Å². The third-order valence-electron chi connectivity index (χ3n) is 6.01. The first kappa shape index (κ1) is 23.5. The number of hydrogen-bond acceptors (Lipinski definition) is 11. The van der Waals surface area contributed by atoms with Crippen molar-refractivity contribution in [3.8, 4) is 45.8 Å². The molecule has 182 valence electrons. The molecule has 11 heteroatoms. The molecule has 0 radical (unpaired) electrons. The fraction of sp³-hybridized carbons (Fsp3) is 0.348. The number of methoxy groups -OCH3 is 1. The molecule has 0 spiro atoms. The molecule has 4 rings (SSSR count). The standard InChI is InChI=1S/C23H24O11/c1-8-3-15(19(29)21(31)17(8)27)34-23-20(30)16-11(24)6-10(32-2)7-14(16)33-22(23)9-4-12(25)18(28)13(26)5-9/h4-8,15,17,19,21,24-29,31H,3H2,1-2H3/t8-,15?,17+,19+,21-/m1/s1. The molecule has 0 bridgehead atoms. The van der Waals surface area contributed by atoms with Crippen molar-refractivity contribution in [2.45, 2.75) is 37.8 Å². The van der Waals surface area contributed by atoms with E-state index in [0.717, 1.165) is 12.1 Å². The van der Waals surface area contributed by atoms with Crippen molar-refractivity contribution in [3.63, 3.8) is 0 Å². The fourth-order valence-corrected chi connectivity index (χ4v) is 4.08. The number of aliphatic hydroxyl groups is 3. The third kappa shape index (κ3) is 3.83. The molecule has 1 heterocycles. The summed E-state index contributed by atoms with van der Waals surface area (Å²) >= 11 is 0. The zero-order chi connectivity index (χ0) is 24.9.